The molecule has 25 heavy (non-hydrogen) atoms. The first-order valence-electron chi connectivity index (χ1n) is 8.74. The number of nitrogens with one attached hydrogen (secondary N) is 1. The fourth-order valence-electron chi connectivity index (χ4n) is 3.50. The van der Waals surface area contributed by atoms with Crippen molar-refractivity contribution in [3.05, 3.63) is 41.8 Å². The number of aromatic nitrogens is 4. The van der Waals surface area contributed by atoms with Crippen LogP contribution in [0.25, 0.3) is 11.0 Å². The highest BCUT2D eigenvalue weighted by molar-refractivity contribution is 5.75. The normalized spacial score (nSPS) is 17.2. The van der Waals surface area contributed by atoms with Crippen LogP contribution in [-0.2, 0) is 18.3 Å². The minimum Gasteiger partial charge on any atom is -0.381 e. The Morgan fingerprint density at radius 3 is 2.76 bits per heavy atom. The minimum atomic E-state index is 0.0184. The van der Waals surface area contributed by atoms with Crippen LogP contribution in [0.4, 0.5) is 0 Å². The lowest BCUT2D eigenvalue weighted by Crippen LogP contribution is -2.32. The van der Waals surface area contributed by atoms with Gasteiger partial charge in [-0.15, -0.1) is 0 Å². The van der Waals surface area contributed by atoms with E-state index in [1.54, 1.807) is 0 Å². The van der Waals surface area contributed by atoms with E-state index >= 15 is 0 Å². The van der Waals surface area contributed by atoms with Crippen molar-refractivity contribution in [3.8, 4) is 0 Å². The second-order valence-electron chi connectivity index (χ2n) is 6.56. The molecule has 1 fully saturated rings. The van der Waals surface area contributed by atoms with E-state index in [-0.39, 0.29) is 6.04 Å². The van der Waals surface area contributed by atoms with Crippen LogP contribution in [0.5, 0.6) is 0 Å². The summed E-state index contributed by atoms with van der Waals surface area (Å²) in [6.45, 7) is 4.05. The maximum atomic E-state index is 5.50. The zero-order chi connectivity index (χ0) is 17.2. The number of imidazole rings is 1. The van der Waals surface area contributed by atoms with Crippen molar-refractivity contribution >= 4 is 11.0 Å². The molecule has 0 aliphatic carbocycles. The molecule has 1 N–H and O–H groups in total. The van der Waals surface area contributed by atoms with Gasteiger partial charge in [-0.25, -0.2) is 4.98 Å². The summed E-state index contributed by atoms with van der Waals surface area (Å²) in [5.41, 5.74) is 2.15. The molecule has 1 aliphatic rings. The molecule has 0 spiro atoms. The molecule has 4 rings (SSSR count). The van der Waals surface area contributed by atoms with Crippen molar-refractivity contribution < 1.29 is 9.26 Å². The zero-order valence-electron chi connectivity index (χ0n) is 14.6. The van der Waals surface area contributed by atoms with E-state index in [0.717, 1.165) is 42.9 Å². The van der Waals surface area contributed by atoms with Gasteiger partial charge in [0, 0.05) is 20.3 Å². The predicted molar refractivity (Wildman–Crippen MR) is 92.9 cm³/mol. The Labute approximate surface area is 146 Å². The van der Waals surface area contributed by atoms with Gasteiger partial charge >= 0.3 is 0 Å². The number of aryl methyl sites for hydroxylation is 2. The van der Waals surface area contributed by atoms with Crippen molar-refractivity contribution in [1.82, 2.24) is 25.0 Å². The summed E-state index contributed by atoms with van der Waals surface area (Å²) in [5, 5.41) is 7.56. The zero-order valence-corrected chi connectivity index (χ0v) is 14.6. The molecule has 132 valence electrons. The van der Waals surface area contributed by atoms with Crippen LogP contribution in [0.1, 0.15) is 36.4 Å². The van der Waals surface area contributed by atoms with E-state index in [1.165, 1.54) is 0 Å². The van der Waals surface area contributed by atoms with Gasteiger partial charge in [0.05, 0.1) is 23.6 Å². The molecule has 0 saturated carbocycles. The number of benzene rings is 1. The average molecular weight is 341 g/mol. The van der Waals surface area contributed by atoms with Crippen molar-refractivity contribution in [2.24, 2.45) is 13.0 Å². The smallest absolute Gasteiger partial charge is 0.244 e. The third-order valence-electron chi connectivity index (χ3n) is 4.91. The van der Waals surface area contributed by atoms with Crippen LogP contribution in [-0.4, -0.2) is 32.9 Å². The molecule has 2 aromatic heterocycles. The van der Waals surface area contributed by atoms with Gasteiger partial charge in [-0.1, -0.05) is 17.3 Å². The Bertz CT molecular complexity index is 850. The van der Waals surface area contributed by atoms with Crippen molar-refractivity contribution in [3.63, 3.8) is 0 Å². The Morgan fingerprint density at radius 2 is 2.04 bits per heavy atom. The van der Waals surface area contributed by atoms with Crippen LogP contribution in [0.2, 0.25) is 0 Å². The van der Waals surface area contributed by atoms with Crippen LogP contribution in [0.3, 0.4) is 0 Å². The van der Waals surface area contributed by atoms with Gasteiger partial charge in [0.2, 0.25) is 5.89 Å². The number of fused-ring (bicyclic) bond motifs is 1. The average Bonchev–Trinajstić information content (AvgIpc) is 3.21. The van der Waals surface area contributed by atoms with Crippen molar-refractivity contribution in [2.45, 2.75) is 32.4 Å². The molecular formula is C18H23N5O2. The number of hydrogen-bond donors (Lipinski definition) is 1. The molecule has 0 radical (unpaired) electrons. The van der Waals surface area contributed by atoms with E-state index < -0.39 is 0 Å². The minimum absolute atomic E-state index is 0.0184. The number of rotatable bonds is 5. The lowest BCUT2D eigenvalue weighted by Gasteiger charge is -2.28. The van der Waals surface area contributed by atoms with Crippen LogP contribution in [0, 0.1) is 12.8 Å². The Hall–Kier alpha value is -2.25. The standard InChI is InChI=1S/C18H23N5O2/c1-12-20-18(25-22-12)17(13-7-9-24-10-8-13)19-11-16-21-14-5-3-4-6-15(14)23(16)2/h3-6,13,17,19H,7-11H2,1-2H3. The Balaban J connectivity index is 1.56. The molecule has 7 heteroatoms. The SMILES string of the molecule is Cc1noc(C(NCc2nc3ccccc3n2C)C2CCOCC2)n1. The van der Waals surface area contributed by atoms with Gasteiger partial charge in [0.15, 0.2) is 5.82 Å². The largest absolute Gasteiger partial charge is 0.381 e. The first kappa shape index (κ1) is 16.2. The quantitative estimate of drug-likeness (QED) is 0.768. The summed E-state index contributed by atoms with van der Waals surface area (Å²) in [4.78, 5) is 9.19. The highest BCUT2D eigenvalue weighted by atomic mass is 16.5. The Morgan fingerprint density at radius 1 is 1.24 bits per heavy atom. The predicted octanol–water partition coefficient (Wildman–Crippen LogP) is 2.52. The van der Waals surface area contributed by atoms with Gasteiger partial charge in [-0.3, -0.25) is 5.32 Å². The molecule has 1 aliphatic heterocycles. The number of para-hydroxylation sites is 2. The van der Waals surface area contributed by atoms with Crippen molar-refractivity contribution in [2.75, 3.05) is 13.2 Å². The van der Waals surface area contributed by atoms with Crippen LogP contribution < -0.4 is 5.32 Å². The first-order chi connectivity index (χ1) is 12.2. The van der Waals surface area contributed by atoms with E-state index in [4.69, 9.17) is 14.2 Å². The van der Waals surface area contributed by atoms with E-state index in [2.05, 4.69) is 26.1 Å². The number of nitrogens with zero attached hydrogens (tertiary/aromatic N) is 4. The molecule has 7 nitrogen and oxygen atoms in total. The molecule has 1 aromatic carbocycles. The van der Waals surface area contributed by atoms with E-state index in [1.807, 2.05) is 32.2 Å². The summed E-state index contributed by atoms with van der Waals surface area (Å²) in [6, 6.07) is 8.19. The lowest BCUT2D eigenvalue weighted by atomic mass is 9.91. The maximum absolute atomic E-state index is 5.50. The fraction of sp³-hybridized carbons (Fsp3) is 0.500. The molecule has 0 amide bonds. The molecule has 3 aromatic rings. The topological polar surface area (TPSA) is 78.0 Å². The third-order valence-corrected chi connectivity index (χ3v) is 4.91. The maximum Gasteiger partial charge on any atom is 0.244 e. The van der Waals surface area contributed by atoms with Gasteiger partial charge in [0.1, 0.15) is 5.82 Å². The second-order valence-corrected chi connectivity index (χ2v) is 6.56. The monoisotopic (exact) mass is 341 g/mol. The Kier molecular flexibility index (Phi) is 4.50. The highest BCUT2D eigenvalue weighted by Gasteiger charge is 2.29. The van der Waals surface area contributed by atoms with Gasteiger partial charge in [-0.2, -0.15) is 4.98 Å². The molecule has 0 bridgehead atoms. The summed E-state index contributed by atoms with van der Waals surface area (Å²) in [6.07, 6.45) is 1.98. The number of ether oxygens (including phenoxy) is 1. The summed E-state index contributed by atoms with van der Waals surface area (Å²) >= 11 is 0. The summed E-state index contributed by atoms with van der Waals surface area (Å²) < 4.78 is 13.1. The second kappa shape index (κ2) is 6.93. The van der Waals surface area contributed by atoms with E-state index in [0.29, 0.717) is 24.2 Å². The molecule has 3 heterocycles. The highest BCUT2D eigenvalue weighted by Crippen LogP contribution is 2.29. The molecular weight excluding hydrogens is 318 g/mol. The molecule has 1 atom stereocenters. The number of hydrogen-bond acceptors (Lipinski definition) is 6. The van der Waals surface area contributed by atoms with Crippen LogP contribution >= 0.6 is 0 Å². The molecule has 1 saturated heterocycles. The summed E-state index contributed by atoms with van der Waals surface area (Å²) in [7, 11) is 2.05. The van der Waals surface area contributed by atoms with Gasteiger partial charge in [-0.05, 0) is 37.8 Å². The van der Waals surface area contributed by atoms with Gasteiger partial charge < -0.3 is 13.8 Å². The van der Waals surface area contributed by atoms with Crippen molar-refractivity contribution in [1.29, 1.82) is 0 Å². The van der Waals surface area contributed by atoms with Crippen LogP contribution in [0.15, 0.2) is 28.8 Å². The fourth-order valence-corrected chi connectivity index (χ4v) is 3.50. The van der Waals surface area contributed by atoms with E-state index in [9.17, 15) is 0 Å². The third kappa shape index (κ3) is 3.29. The molecule has 1 unspecified atom stereocenters. The van der Waals surface area contributed by atoms with Gasteiger partial charge in [0.25, 0.3) is 0 Å². The lowest BCUT2D eigenvalue weighted by molar-refractivity contribution is 0.0484. The summed E-state index contributed by atoms with van der Waals surface area (Å²) in [5.74, 6) is 2.73. The first-order valence-corrected chi connectivity index (χ1v) is 8.74.